The maximum atomic E-state index is 5.75. The SMILES string of the molecule is Cc1oc(CNC(C)C)cc1COC(C)(C)C. The van der Waals surface area contributed by atoms with Crippen LogP contribution in [0.1, 0.15) is 51.7 Å². The summed E-state index contributed by atoms with van der Waals surface area (Å²) in [6.07, 6.45) is 0. The van der Waals surface area contributed by atoms with Crippen molar-refractivity contribution in [1.82, 2.24) is 5.32 Å². The molecule has 0 aliphatic rings. The number of nitrogens with one attached hydrogen (secondary N) is 1. The molecular weight excluding hydrogens is 214 g/mol. The summed E-state index contributed by atoms with van der Waals surface area (Å²) in [5.74, 6) is 1.93. The zero-order valence-corrected chi connectivity index (χ0v) is 11.9. The second kappa shape index (κ2) is 5.69. The van der Waals surface area contributed by atoms with Gasteiger partial charge in [0.15, 0.2) is 0 Å². The van der Waals surface area contributed by atoms with Gasteiger partial charge in [0, 0.05) is 11.6 Å². The van der Waals surface area contributed by atoms with Crippen LogP contribution < -0.4 is 5.32 Å². The minimum absolute atomic E-state index is 0.111. The number of aryl methyl sites for hydroxylation is 1. The predicted octanol–water partition coefficient (Wildman–Crippen LogP) is 3.40. The van der Waals surface area contributed by atoms with E-state index in [1.807, 2.05) is 6.92 Å². The highest BCUT2D eigenvalue weighted by Gasteiger charge is 2.13. The summed E-state index contributed by atoms with van der Waals surface area (Å²) in [5.41, 5.74) is 1.03. The molecule has 1 heterocycles. The monoisotopic (exact) mass is 239 g/mol. The first-order valence-electron chi connectivity index (χ1n) is 6.23. The molecule has 1 N–H and O–H groups in total. The highest BCUT2D eigenvalue weighted by atomic mass is 16.5. The van der Waals surface area contributed by atoms with Crippen LogP contribution in [0.3, 0.4) is 0 Å². The molecule has 3 heteroatoms. The molecule has 1 aromatic heterocycles. The van der Waals surface area contributed by atoms with E-state index in [4.69, 9.17) is 9.15 Å². The van der Waals surface area contributed by atoms with E-state index in [0.29, 0.717) is 12.6 Å². The highest BCUT2D eigenvalue weighted by Crippen LogP contribution is 2.18. The lowest BCUT2D eigenvalue weighted by Crippen LogP contribution is -2.21. The molecule has 0 radical (unpaired) electrons. The number of ether oxygens (including phenoxy) is 1. The van der Waals surface area contributed by atoms with Crippen LogP contribution in [0.15, 0.2) is 10.5 Å². The highest BCUT2D eigenvalue weighted by molar-refractivity contribution is 5.20. The van der Waals surface area contributed by atoms with Gasteiger partial charge < -0.3 is 14.5 Å². The Hall–Kier alpha value is -0.800. The first kappa shape index (κ1) is 14.3. The molecule has 0 amide bonds. The second-order valence-electron chi connectivity index (χ2n) is 5.73. The third-order valence-electron chi connectivity index (χ3n) is 2.42. The topological polar surface area (TPSA) is 34.4 Å². The van der Waals surface area contributed by atoms with Crippen LogP contribution in [-0.4, -0.2) is 11.6 Å². The zero-order chi connectivity index (χ0) is 13.1. The molecule has 0 aromatic carbocycles. The van der Waals surface area contributed by atoms with E-state index < -0.39 is 0 Å². The molecule has 0 atom stereocenters. The molecule has 0 saturated carbocycles. The van der Waals surface area contributed by atoms with E-state index in [2.05, 4.69) is 46.0 Å². The van der Waals surface area contributed by atoms with Crippen LogP contribution >= 0.6 is 0 Å². The van der Waals surface area contributed by atoms with Crippen molar-refractivity contribution in [1.29, 1.82) is 0 Å². The summed E-state index contributed by atoms with van der Waals surface area (Å²) in [5, 5.41) is 3.34. The van der Waals surface area contributed by atoms with E-state index in [0.717, 1.165) is 23.6 Å². The van der Waals surface area contributed by atoms with Crippen molar-refractivity contribution in [2.45, 2.75) is 66.3 Å². The lowest BCUT2D eigenvalue weighted by molar-refractivity contribution is -0.0153. The smallest absolute Gasteiger partial charge is 0.118 e. The van der Waals surface area contributed by atoms with Crippen molar-refractivity contribution in [3.8, 4) is 0 Å². The lowest BCUT2D eigenvalue weighted by Gasteiger charge is -2.18. The Morgan fingerprint density at radius 3 is 2.53 bits per heavy atom. The maximum absolute atomic E-state index is 5.75. The number of hydrogen-bond donors (Lipinski definition) is 1. The molecule has 0 fully saturated rings. The Bertz CT molecular complexity index is 348. The van der Waals surface area contributed by atoms with Crippen molar-refractivity contribution in [2.75, 3.05) is 0 Å². The van der Waals surface area contributed by atoms with Gasteiger partial charge in [-0.05, 0) is 33.8 Å². The minimum Gasteiger partial charge on any atom is -0.465 e. The summed E-state index contributed by atoms with van der Waals surface area (Å²) < 4.78 is 11.4. The third kappa shape index (κ3) is 5.37. The van der Waals surface area contributed by atoms with Crippen LogP contribution in [-0.2, 0) is 17.9 Å². The van der Waals surface area contributed by atoms with E-state index in [1.165, 1.54) is 0 Å². The van der Waals surface area contributed by atoms with Gasteiger partial charge in [-0.1, -0.05) is 13.8 Å². The average molecular weight is 239 g/mol. The van der Waals surface area contributed by atoms with Crippen LogP contribution in [0.2, 0.25) is 0 Å². The third-order valence-corrected chi connectivity index (χ3v) is 2.42. The van der Waals surface area contributed by atoms with Gasteiger partial charge in [-0.25, -0.2) is 0 Å². The molecule has 98 valence electrons. The summed E-state index contributed by atoms with van der Waals surface area (Å²) >= 11 is 0. The van der Waals surface area contributed by atoms with E-state index in [-0.39, 0.29) is 5.60 Å². The van der Waals surface area contributed by atoms with Crippen molar-refractivity contribution in [3.63, 3.8) is 0 Å². The normalized spacial score (nSPS) is 12.4. The van der Waals surface area contributed by atoms with Crippen LogP contribution in [0.4, 0.5) is 0 Å². The van der Waals surface area contributed by atoms with E-state index >= 15 is 0 Å². The first-order valence-corrected chi connectivity index (χ1v) is 6.23. The fourth-order valence-corrected chi connectivity index (χ4v) is 1.42. The number of hydrogen-bond acceptors (Lipinski definition) is 3. The Balaban J connectivity index is 2.56. The van der Waals surface area contributed by atoms with E-state index in [1.54, 1.807) is 0 Å². The van der Waals surface area contributed by atoms with Crippen LogP contribution in [0.5, 0.6) is 0 Å². The molecule has 0 unspecified atom stereocenters. The Morgan fingerprint density at radius 2 is 2.00 bits per heavy atom. The van der Waals surface area contributed by atoms with Gasteiger partial charge >= 0.3 is 0 Å². The molecular formula is C14H25NO2. The van der Waals surface area contributed by atoms with Gasteiger partial charge in [-0.3, -0.25) is 0 Å². The van der Waals surface area contributed by atoms with Gasteiger partial charge in [0.05, 0.1) is 18.8 Å². The molecule has 0 aliphatic carbocycles. The van der Waals surface area contributed by atoms with Crippen molar-refractivity contribution < 1.29 is 9.15 Å². The summed E-state index contributed by atoms with van der Waals surface area (Å²) in [4.78, 5) is 0. The van der Waals surface area contributed by atoms with Gasteiger partial charge in [0.2, 0.25) is 0 Å². The van der Waals surface area contributed by atoms with E-state index in [9.17, 15) is 0 Å². The fraction of sp³-hybridized carbons (Fsp3) is 0.714. The van der Waals surface area contributed by atoms with Crippen LogP contribution in [0, 0.1) is 6.92 Å². The van der Waals surface area contributed by atoms with Crippen molar-refractivity contribution in [2.24, 2.45) is 0 Å². The zero-order valence-electron chi connectivity index (χ0n) is 11.9. The molecule has 0 aliphatic heterocycles. The predicted molar refractivity (Wildman–Crippen MR) is 70.0 cm³/mol. The van der Waals surface area contributed by atoms with Crippen LogP contribution in [0.25, 0.3) is 0 Å². The fourth-order valence-electron chi connectivity index (χ4n) is 1.42. The van der Waals surface area contributed by atoms with Gasteiger partial charge in [0.1, 0.15) is 11.5 Å². The molecule has 1 aromatic rings. The quantitative estimate of drug-likeness (QED) is 0.855. The number of furan rings is 1. The van der Waals surface area contributed by atoms with Gasteiger partial charge in [-0.2, -0.15) is 0 Å². The average Bonchev–Trinajstić information content (AvgIpc) is 2.52. The molecule has 0 saturated heterocycles. The number of rotatable bonds is 5. The minimum atomic E-state index is -0.111. The molecule has 0 spiro atoms. The molecule has 1 rings (SSSR count). The van der Waals surface area contributed by atoms with Crippen molar-refractivity contribution >= 4 is 0 Å². The second-order valence-corrected chi connectivity index (χ2v) is 5.73. The standard InChI is InChI=1S/C14H25NO2/c1-10(2)15-8-13-7-12(11(3)17-13)9-16-14(4,5)6/h7,10,15H,8-9H2,1-6H3. The summed E-state index contributed by atoms with van der Waals surface area (Å²) in [6, 6.07) is 2.55. The maximum Gasteiger partial charge on any atom is 0.118 e. The Morgan fingerprint density at radius 1 is 1.35 bits per heavy atom. The first-order chi connectivity index (χ1) is 7.78. The largest absolute Gasteiger partial charge is 0.465 e. The summed E-state index contributed by atoms with van der Waals surface area (Å²) in [6.45, 7) is 13.8. The Kier molecular flexibility index (Phi) is 4.78. The lowest BCUT2D eigenvalue weighted by atomic mass is 10.2. The molecule has 0 bridgehead atoms. The Labute approximate surface area is 105 Å². The molecule has 3 nitrogen and oxygen atoms in total. The van der Waals surface area contributed by atoms with Crippen molar-refractivity contribution in [3.05, 3.63) is 23.2 Å². The van der Waals surface area contributed by atoms with Gasteiger partial charge in [0.25, 0.3) is 0 Å². The summed E-state index contributed by atoms with van der Waals surface area (Å²) in [7, 11) is 0. The van der Waals surface area contributed by atoms with Gasteiger partial charge in [-0.15, -0.1) is 0 Å². The molecule has 17 heavy (non-hydrogen) atoms.